The van der Waals surface area contributed by atoms with Crippen LogP contribution >= 0.6 is 0 Å². The highest BCUT2D eigenvalue weighted by atomic mass is 16.7. The molecule has 3 nitrogen and oxygen atoms in total. The number of rotatable bonds is 0. The van der Waals surface area contributed by atoms with Crippen LogP contribution in [-0.4, -0.2) is 43.0 Å². The largest absolute Gasteiger partial charge is 0.350 e. The first kappa shape index (κ1) is 15.6. The van der Waals surface area contributed by atoms with Crippen molar-refractivity contribution < 1.29 is 9.47 Å². The average Bonchev–Trinajstić information content (AvgIpc) is 2.70. The highest BCUT2D eigenvalue weighted by Crippen LogP contribution is 2.57. The first-order valence-electron chi connectivity index (χ1n) is 8.77. The zero-order valence-corrected chi connectivity index (χ0v) is 15.2. The van der Waals surface area contributed by atoms with Gasteiger partial charge in [0.05, 0.1) is 12.7 Å². The van der Waals surface area contributed by atoms with E-state index in [0.29, 0.717) is 12.0 Å². The van der Waals surface area contributed by atoms with Crippen molar-refractivity contribution in [3.8, 4) is 0 Å². The molecule has 2 aliphatic heterocycles. The van der Waals surface area contributed by atoms with E-state index in [-0.39, 0.29) is 16.9 Å². The third-order valence-corrected chi connectivity index (χ3v) is 6.35. The Morgan fingerprint density at radius 1 is 1.09 bits per heavy atom. The van der Waals surface area contributed by atoms with Crippen LogP contribution in [0, 0.1) is 5.41 Å². The fourth-order valence-corrected chi connectivity index (χ4v) is 5.52. The molecule has 4 atom stereocenters. The second kappa shape index (κ2) is 4.59. The number of fused-ring (bicyclic) bond motifs is 5. The van der Waals surface area contributed by atoms with E-state index in [1.54, 1.807) is 0 Å². The maximum absolute atomic E-state index is 6.54. The van der Waals surface area contributed by atoms with E-state index in [9.17, 15) is 0 Å². The topological polar surface area (TPSA) is 21.7 Å². The summed E-state index contributed by atoms with van der Waals surface area (Å²) in [5, 5.41) is 0. The molecule has 126 valence electrons. The minimum absolute atomic E-state index is 0.0406. The van der Waals surface area contributed by atoms with Crippen molar-refractivity contribution in [1.82, 2.24) is 4.90 Å². The third-order valence-electron chi connectivity index (χ3n) is 6.35. The van der Waals surface area contributed by atoms with E-state index in [4.69, 9.17) is 9.47 Å². The van der Waals surface area contributed by atoms with Gasteiger partial charge < -0.3 is 14.4 Å². The molecule has 0 N–H and O–H groups in total. The van der Waals surface area contributed by atoms with Crippen molar-refractivity contribution in [2.24, 2.45) is 5.41 Å². The van der Waals surface area contributed by atoms with Crippen LogP contribution in [0.2, 0.25) is 0 Å². The first-order valence-corrected chi connectivity index (χ1v) is 8.77. The average molecular weight is 315 g/mol. The van der Waals surface area contributed by atoms with E-state index in [1.165, 1.54) is 11.1 Å². The highest BCUT2D eigenvalue weighted by Gasteiger charge is 2.61. The minimum atomic E-state index is -0.494. The molecular formula is C20H29NO2. The molecule has 1 aromatic rings. The van der Waals surface area contributed by atoms with Gasteiger partial charge in [-0.15, -0.1) is 0 Å². The van der Waals surface area contributed by atoms with Crippen LogP contribution in [0.3, 0.4) is 0 Å². The molecular weight excluding hydrogens is 286 g/mol. The van der Waals surface area contributed by atoms with Gasteiger partial charge in [-0.2, -0.15) is 0 Å². The van der Waals surface area contributed by atoms with Crippen molar-refractivity contribution in [2.75, 3.05) is 20.2 Å². The second-order valence-corrected chi connectivity index (χ2v) is 9.08. The van der Waals surface area contributed by atoms with E-state index < -0.39 is 5.79 Å². The number of likely N-dealkylation sites (tertiary alicyclic amines) is 1. The molecule has 0 amide bonds. The fourth-order valence-electron chi connectivity index (χ4n) is 5.52. The summed E-state index contributed by atoms with van der Waals surface area (Å²) in [5.41, 5.74) is 3.14. The quantitative estimate of drug-likeness (QED) is 0.731. The number of likely N-dealkylation sites (N-methyl/N-ethyl adjacent to an activating group) is 1. The zero-order chi connectivity index (χ0) is 16.6. The molecule has 3 heteroatoms. The molecule has 2 heterocycles. The lowest BCUT2D eigenvalue weighted by Gasteiger charge is -2.58. The lowest BCUT2D eigenvalue weighted by atomic mass is 9.67. The molecule has 3 aliphatic rings. The number of hydrogen-bond acceptors (Lipinski definition) is 3. The summed E-state index contributed by atoms with van der Waals surface area (Å²) in [6.45, 7) is 13.0. The summed E-state index contributed by atoms with van der Waals surface area (Å²) >= 11 is 0. The monoisotopic (exact) mass is 315 g/mol. The van der Waals surface area contributed by atoms with Gasteiger partial charge >= 0.3 is 0 Å². The van der Waals surface area contributed by atoms with Crippen molar-refractivity contribution >= 4 is 0 Å². The summed E-state index contributed by atoms with van der Waals surface area (Å²) < 4.78 is 12.6. The Balaban J connectivity index is 1.87. The molecule has 1 aromatic carbocycles. The number of nitrogens with zero attached hydrogens (tertiary/aromatic N) is 1. The maximum Gasteiger partial charge on any atom is 0.163 e. The standard InChI is InChI=1S/C20H29NO2/c1-18(2)14-10-8-7-9-13(14)15-16(18)21(6)11-20(5)12-22-19(3,4)23-17(15)20/h7-10,15-17H,11-12H2,1-6H3/t15-,16-,17-,20+/m0/s1. The van der Waals surface area contributed by atoms with Gasteiger partial charge in [0.15, 0.2) is 5.79 Å². The number of piperidine rings is 1. The van der Waals surface area contributed by atoms with Crippen LogP contribution in [0.5, 0.6) is 0 Å². The van der Waals surface area contributed by atoms with Gasteiger partial charge in [-0.3, -0.25) is 0 Å². The van der Waals surface area contributed by atoms with Gasteiger partial charge in [0.2, 0.25) is 0 Å². The molecule has 2 fully saturated rings. The van der Waals surface area contributed by atoms with Gasteiger partial charge in [0.25, 0.3) is 0 Å². The molecule has 23 heavy (non-hydrogen) atoms. The normalized spacial score (nSPS) is 41.0. The van der Waals surface area contributed by atoms with Crippen molar-refractivity contribution in [3.63, 3.8) is 0 Å². The van der Waals surface area contributed by atoms with Gasteiger partial charge in [-0.25, -0.2) is 0 Å². The fraction of sp³-hybridized carbons (Fsp3) is 0.700. The highest BCUT2D eigenvalue weighted by molar-refractivity contribution is 5.47. The van der Waals surface area contributed by atoms with Crippen LogP contribution in [-0.2, 0) is 14.9 Å². The Morgan fingerprint density at radius 2 is 1.78 bits per heavy atom. The van der Waals surface area contributed by atoms with Gasteiger partial charge in [0, 0.05) is 29.3 Å². The number of hydrogen-bond donors (Lipinski definition) is 0. The van der Waals surface area contributed by atoms with E-state index in [2.05, 4.69) is 57.0 Å². The number of benzene rings is 1. The smallest absolute Gasteiger partial charge is 0.163 e. The lowest BCUT2D eigenvalue weighted by Crippen LogP contribution is -2.66. The van der Waals surface area contributed by atoms with E-state index in [1.807, 2.05) is 13.8 Å². The van der Waals surface area contributed by atoms with Crippen molar-refractivity contribution in [2.45, 2.75) is 63.9 Å². The van der Waals surface area contributed by atoms with Gasteiger partial charge in [-0.05, 0) is 32.0 Å². The maximum atomic E-state index is 6.54. The molecule has 4 rings (SSSR count). The molecule has 1 aliphatic carbocycles. The predicted octanol–water partition coefficient (Wildman–Crippen LogP) is 3.53. The Hall–Kier alpha value is -0.900. The second-order valence-electron chi connectivity index (χ2n) is 9.08. The Bertz CT molecular complexity index is 638. The summed E-state index contributed by atoms with van der Waals surface area (Å²) in [5.74, 6) is -0.0834. The summed E-state index contributed by atoms with van der Waals surface area (Å²) in [4.78, 5) is 2.55. The van der Waals surface area contributed by atoms with Crippen LogP contribution in [0.15, 0.2) is 24.3 Å². The molecule has 0 spiro atoms. The Labute approximate surface area is 140 Å². The van der Waals surface area contributed by atoms with Crippen molar-refractivity contribution in [1.29, 1.82) is 0 Å². The van der Waals surface area contributed by atoms with E-state index >= 15 is 0 Å². The first-order chi connectivity index (χ1) is 10.7. The van der Waals surface area contributed by atoms with Crippen LogP contribution in [0.25, 0.3) is 0 Å². The minimum Gasteiger partial charge on any atom is -0.350 e. The molecule has 0 bridgehead atoms. The lowest BCUT2D eigenvalue weighted by molar-refractivity contribution is -0.332. The van der Waals surface area contributed by atoms with Gasteiger partial charge in [0.1, 0.15) is 0 Å². The molecule has 0 saturated carbocycles. The molecule has 0 unspecified atom stereocenters. The summed E-state index contributed by atoms with van der Waals surface area (Å²) in [6, 6.07) is 9.45. The SMILES string of the molecule is CN1C[C@]2(C)COC(C)(C)O[C@H]2[C@H]2c3ccccc3C(C)(C)[C@H]21. The van der Waals surface area contributed by atoms with Gasteiger partial charge in [-0.1, -0.05) is 45.0 Å². The zero-order valence-electron chi connectivity index (χ0n) is 15.2. The number of ether oxygens (including phenoxy) is 2. The molecule has 0 aromatic heterocycles. The summed E-state index contributed by atoms with van der Waals surface area (Å²) in [6.07, 6.45) is 0.204. The third kappa shape index (κ3) is 2.06. The molecule has 0 radical (unpaired) electrons. The van der Waals surface area contributed by atoms with Crippen molar-refractivity contribution in [3.05, 3.63) is 35.4 Å². The summed E-state index contributed by atoms with van der Waals surface area (Å²) in [7, 11) is 2.27. The van der Waals surface area contributed by atoms with Crippen LogP contribution in [0.1, 0.15) is 51.7 Å². The molecule has 2 saturated heterocycles. The van der Waals surface area contributed by atoms with Crippen LogP contribution in [0.4, 0.5) is 0 Å². The Morgan fingerprint density at radius 3 is 2.52 bits per heavy atom. The Kier molecular flexibility index (Phi) is 3.12. The predicted molar refractivity (Wildman–Crippen MR) is 91.6 cm³/mol. The van der Waals surface area contributed by atoms with E-state index in [0.717, 1.165) is 13.2 Å². The van der Waals surface area contributed by atoms with Crippen LogP contribution < -0.4 is 0 Å².